The van der Waals surface area contributed by atoms with Crippen LogP contribution in [0.3, 0.4) is 0 Å². The Hall–Kier alpha value is -3.22. The van der Waals surface area contributed by atoms with Gasteiger partial charge in [-0.2, -0.15) is 0 Å². The van der Waals surface area contributed by atoms with E-state index in [-0.39, 0.29) is 23.1 Å². The number of hydrogen-bond acceptors (Lipinski definition) is 3. The summed E-state index contributed by atoms with van der Waals surface area (Å²) in [7, 11) is 3.29. The van der Waals surface area contributed by atoms with Gasteiger partial charge in [0, 0.05) is 50.2 Å². The molecular weight excluding hydrogens is 448 g/mol. The minimum atomic E-state index is -0.729. The Morgan fingerprint density at radius 3 is 2.40 bits per heavy atom. The summed E-state index contributed by atoms with van der Waals surface area (Å²) in [4.78, 5) is 27.6. The third kappa shape index (κ3) is 5.09. The molecule has 2 aliphatic heterocycles. The van der Waals surface area contributed by atoms with E-state index in [4.69, 9.17) is 0 Å². The Morgan fingerprint density at radius 2 is 1.80 bits per heavy atom. The average Bonchev–Trinajstić information content (AvgIpc) is 2.83. The predicted molar refractivity (Wildman–Crippen MR) is 133 cm³/mol. The zero-order valence-electron chi connectivity index (χ0n) is 20.8. The molecule has 0 spiro atoms. The molecule has 1 aromatic carbocycles. The number of nitrogens with zero attached hydrogens (tertiary/aromatic N) is 2. The Labute approximate surface area is 205 Å². The minimum Gasteiger partial charge on any atom is -0.355 e. The van der Waals surface area contributed by atoms with Gasteiger partial charge in [-0.15, -0.1) is 0 Å². The SMILES string of the molecule is CNC(=O)c1cc(F)c(C2=C(CC3CCC(N(C)C(C)=O)CC3)N3C=CC(C)=CC3=CC2)c(F)c1. The van der Waals surface area contributed by atoms with E-state index in [0.29, 0.717) is 24.3 Å². The first-order valence-electron chi connectivity index (χ1n) is 12.2. The van der Waals surface area contributed by atoms with E-state index in [1.807, 2.05) is 42.1 Å². The van der Waals surface area contributed by atoms with Crippen molar-refractivity contribution in [3.8, 4) is 0 Å². The number of benzene rings is 1. The van der Waals surface area contributed by atoms with E-state index in [1.54, 1.807) is 6.92 Å². The first kappa shape index (κ1) is 24.9. The smallest absolute Gasteiger partial charge is 0.251 e. The summed E-state index contributed by atoms with van der Waals surface area (Å²) in [5.74, 6) is -1.55. The summed E-state index contributed by atoms with van der Waals surface area (Å²) in [6.07, 6.45) is 12.9. The molecule has 3 aliphatic rings. The summed E-state index contributed by atoms with van der Waals surface area (Å²) in [5.41, 5.74) is 3.55. The zero-order valence-corrected chi connectivity index (χ0v) is 20.8. The molecule has 2 amide bonds. The molecule has 0 radical (unpaired) electrons. The molecule has 35 heavy (non-hydrogen) atoms. The van der Waals surface area contributed by atoms with Crippen LogP contribution < -0.4 is 5.32 Å². The number of fused-ring (bicyclic) bond motifs is 1. The van der Waals surface area contributed by atoms with E-state index in [0.717, 1.165) is 54.8 Å². The molecule has 4 rings (SSSR count). The third-order valence-electron chi connectivity index (χ3n) is 7.47. The number of carbonyl (C=O) groups is 2. The van der Waals surface area contributed by atoms with Gasteiger partial charge < -0.3 is 15.1 Å². The van der Waals surface area contributed by atoms with E-state index < -0.39 is 17.5 Å². The number of nitrogens with one attached hydrogen (secondary N) is 1. The van der Waals surface area contributed by atoms with Crippen LogP contribution in [-0.4, -0.2) is 41.8 Å². The average molecular weight is 482 g/mol. The predicted octanol–water partition coefficient (Wildman–Crippen LogP) is 5.53. The Morgan fingerprint density at radius 1 is 1.14 bits per heavy atom. The molecule has 0 unspecified atom stereocenters. The molecule has 1 fully saturated rings. The van der Waals surface area contributed by atoms with Crippen LogP contribution in [0.25, 0.3) is 5.57 Å². The van der Waals surface area contributed by atoms with Crippen molar-refractivity contribution >= 4 is 17.4 Å². The van der Waals surface area contributed by atoms with Crippen molar-refractivity contribution in [1.29, 1.82) is 0 Å². The van der Waals surface area contributed by atoms with Crippen molar-refractivity contribution in [1.82, 2.24) is 15.1 Å². The number of rotatable bonds is 5. The first-order chi connectivity index (χ1) is 16.7. The van der Waals surface area contributed by atoms with Crippen LogP contribution in [0.1, 0.15) is 68.3 Å². The van der Waals surface area contributed by atoms with E-state index >= 15 is 8.78 Å². The van der Waals surface area contributed by atoms with Crippen molar-refractivity contribution in [3.05, 3.63) is 76.3 Å². The fraction of sp³-hybridized carbons (Fsp3) is 0.429. The molecule has 0 bridgehead atoms. The van der Waals surface area contributed by atoms with Crippen LogP contribution in [0.5, 0.6) is 0 Å². The number of amides is 2. The highest BCUT2D eigenvalue weighted by Gasteiger charge is 2.31. The quantitative estimate of drug-likeness (QED) is 0.602. The molecule has 1 aliphatic carbocycles. The van der Waals surface area contributed by atoms with Gasteiger partial charge in [-0.25, -0.2) is 8.78 Å². The summed E-state index contributed by atoms with van der Waals surface area (Å²) in [6.45, 7) is 3.62. The maximum Gasteiger partial charge on any atom is 0.251 e. The van der Waals surface area contributed by atoms with Crippen LogP contribution in [0.4, 0.5) is 8.78 Å². The highest BCUT2D eigenvalue weighted by Crippen LogP contribution is 2.42. The highest BCUT2D eigenvalue weighted by atomic mass is 19.1. The Bertz CT molecular complexity index is 1130. The molecule has 0 saturated heterocycles. The second-order valence-electron chi connectivity index (χ2n) is 9.74. The lowest BCUT2D eigenvalue weighted by molar-refractivity contribution is -0.130. The molecule has 2 heterocycles. The van der Waals surface area contributed by atoms with Crippen molar-refractivity contribution in [2.75, 3.05) is 14.1 Å². The first-order valence-corrected chi connectivity index (χ1v) is 12.2. The number of carbonyl (C=O) groups excluding carboxylic acids is 2. The summed E-state index contributed by atoms with van der Waals surface area (Å²) in [5, 5.41) is 2.42. The van der Waals surface area contributed by atoms with Gasteiger partial charge in [-0.05, 0) is 86.8 Å². The lowest BCUT2D eigenvalue weighted by Gasteiger charge is -2.38. The number of halogens is 2. The van der Waals surface area contributed by atoms with E-state index in [9.17, 15) is 9.59 Å². The highest BCUT2D eigenvalue weighted by molar-refractivity contribution is 5.94. The summed E-state index contributed by atoms with van der Waals surface area (Å²) in [6, 6.07) is 2.46. The molecule has 7 heteroatoms. The van der Waals surface area contributed by atoms with Crippen molar-refractivity contribution in [2.24, 2.45) is 5.92 Å². The van der Waals surface area contributed by atoms with Crippen molar-refractivity contribution in [3.63, 3.8) is 0 Å². The van der Waals surface area contributed by atoms with Gasteiger partial charge in [0.05, 0.1) is 5.56 Å². The molecule has 0 atom stereocenters. The summed E-state index contributed by atoms with van der Waals surface area (Å²) < 4.78 is 30.6. The molecule has 0 aromatic heterocycles. The van der Waals surface area contributed by atoms with Crippen LogP contribution >= 0.6 is 0 Å². The second kappa shape index (κ2) is 10.2. The van der Waals surface area contributed by atoms with Crippen LogP contribution in [0.2, 0.25) is 0 Å². The number of allylic oxidation sites excluding steroid dienone is 6. The van der Waals surface area contributed by atoms with Crippen LogP contribution in [0, 0.1) is 17.6 Å². The van der Waals surface area contributed by atoms with Gasteiger partial charge in [0.25, 0.3) is 5.91 Å². The van der Waals surface area contributed by atoms with Gasteiger partial charge in [-0.3, -0.25) is 9.59 Å². The van der Waals surface area contributed by atoms with E-state index in [2.05, 4.69) is 11.4 Å². The third-order valence-corrected chi connectivity index (χ3v) is 7.47. The van der Waals surface area contributed by atoms with Gasteiger partial charge in [-0.1, -0.05) is 6.08 Å². The molecule has 5 nitrogen and oxygen atoms in total. The molecule has 1 N–H and O–H groups in total. The lowest BCUT2D eigenvalue weighted by atomic mass is 9.80. The largest absolute Gasteiger partial charge is 0.355 e. The molecular formula is C28H33F2N3O2. The van der Waals surface area contributed by atoms with Crippen LogP contribution in [-0.2, 0) is 4.79 Å². The van der Waals surface area contributed by atoms with Gasteiger partial charge in [0.1, 0.15) is 11.6 Å². The summed E-state index contributed by atoms with van der Waals surface area (Å²) >= 11 is 0. The van der Waals surface area contributed by atoms with E-state index in [1.165, 1.54) is 7.05 Å². The monoisotopic (exact) mass is 481 g/mol. The maximum atomic E-state index is 15.3. The van der Waals surface area contributed by atoms with Gasteiger partial charge in [0.2, 0.25) is 5.91 Å². The number of hydrogen-bond donors (Lipinski definition) is 1. The topological polar surface area (TPSA) is 52.7 Å². The van der Waals surface area contributed by atoms with Crippen LogP contribution in [0.15, 0.2) is 53.5 Å². The lowest BCUT2D eigenvalue weighted by Crippen LogP contribution is -2.38. The second-order valence-corrected chi connectivity index (χ2v) is 9.74. The minimum absolute atomic E-state index is 0.0372. The van der Waals surface area contributed by atoms with Crippen molar-refractivity contribution < 1.29 is 18.4 Å². The standard InChI is InChI=1S/C28H33F2N3O2/c1-17-11-12-33-22(13-17)9-10-23(27-24(29)15-20(16-25(27)30)28(35)31-3)26(33)14-19-5-7-21(8-6-19)32(4)18(2)34/h9,11-13,15-16,19,21H,5-8,10,14H2,1-4H3,(H,31,35). The zero-order chi connectivity index (χ0) is 25.3. The Kier molecular flexibility index (Phi) is 7.24. The fourth-order valence-corrected chi connectivity index (χ4v) is 5.37. The van der Waals surface area contributed by atoms with Gasteiger partial charge >= 0.3 is 0 Å². The molecule has 1 aromatic rings. The Balaban J connectivity index is 1.68. The normalized spacial score (nSPS) is 21.8. The fourth-order valence-electron chi connectivity index (χ4n) is 5.37. The van der Waals surface area contributed by atoms with Gasteiger partial charge in [0.15, 0.2) is 0 Å². The molecule has 1 saturated carbocycles. The van der Waals surface area contributed by atoms with Crippen molar-refractivity contribution in [2.45, 2.75) is 58.4 Å². The molecule has 186 valence electrons. The maximum absolute atomic E-state index is 15.3.